The van der Waals surface area contributed by atoms with E-state index in [1.165, 1.54) is 11.6 Å². The zero-order valence-electron chi connectivity index (χ0n) is 18.6. The number of phenols is 1. The third-order valence-electron chi connectivity index (χ3n) is 5.38. The minimum atomic E-state index is -0.651. The van der Waals surface area contributed by atoms with E-state index in [1.807, 2.05) is 6.07 Å². The molecular weight excluding hydrogens is 390 g/mol. The van der Waals surface area contributed by atoms with Crippen molar-refractivity contribution >= 4 is 0 Å². The maximum absolute atomic E-state index is 10.2. The Morgan fingerprint density at radius 3 is 2.48 bits per heavy atom. The van der Waals surface area contributed by atoms with Crippen LogP contribution >= 0.6 is 0 Å². The predicted octanol–water partition coefficient (Wildman–Crippen LogP) is 4.29. The van der Waals surface area contributed by atoms with Gasteiger partial charge in [-0.15, -0.1) is 0 Å². The van der Waals surface area contributed by atoms with Gasteiger partial charge < -0.3 is 25.4 Å². The highest BCUT2D eigenvalue weighted by Gasteiger charge is 2.09. The molecule has 2 rings (SSSR count). The lowest BCUT2D eigenvalue weighted by Crippen LogP contribution is -2.22. The van der Waals surface area contributed by atoms with Crippen molar-refractivity contribution in [3.05, 3.63) is 71.6 Å². The number of aromatic hydroxyl groups is 1. The van der Waals surface area contributed by atoms with Crippen LogP contribution in [-0.2, 0) is 17.8 Å². The molecule has 0 heterocycles. The quantitative estimate of drug-likeness (QED) is 0.300. The molecule has 0 aliphatic rings. The molecule has 0 bridgehead atoms. The number of aliphatic hydroxyl groups is 2. The standard InChI is InChI=1S/C26H38NO4/c1-21-9-8-11-22(17-21)10-4-7-16-31-15-6-3-2-5-14-27-19-26(30)23-12-13-25(29)24(18-23)20-28/h8-9,11-13,17-18,26-30H,1-7,10,14-16,19-20H2. The summed E-state index contributed by atoms with van der Waals surface area (Å²) in [6.07, 6.45) is 7.12. The summed E-state index contributed by atoms with van der Waals surface area (Å²) in [6, 6.07) is 13.2. The number of ether oxygens (including phenoxy) is 1. The molecule has 0 aliphatic heterocycles. The lowest BCUT2D eigenvalue weighted by atomic mass is 10.1. The van der Waals surface area contributed by atoms with Gasteiger partial charge in [-0.2, -0.15) is 0 Å². The van der Waals surface area contributed by atoms with Gasteiger partial charge in [-0.25, -0.2) is 0 Å². The van der Waals surface area contributed by atoms with Gasteiger partial charge in [0, 0.05) is 25.3 Å². The first-order valence-corrected chi connectivity index (χ1v) is 11.4. The molecular formula is C26H38NO4. The van der Waals surface area contributed by atoms with E-state index < -0.39 is 6.10 Å². The van der Waals surface area contributed by atoms with E-state index in [1.54, 1.807) is 12.1 Å². The van der Waals surface area contributed by atoms with Gasteiger partial charge in [0.05, 0.1) is 12.7 Å². The van der Waals surface area contributed by atoms with Crippen molar-refractivity contribution in [2.75, 3.05) is 26.3 Å². The van der Waals surface area contributed by atoms with Crippen molar-refractivity contribution in [1.82, 2.24) is 5.32 Å². The number of hydrogen-bond acceptors (Lipinski definition) is 5. The monoisotopic (exact) mass is 428 g/mol. The predicted molar refractivity (Wildman–Crippen MR) is 125 cm³/mol. The highest BCUT2D eigenvalue weighted by Crippen LogP contribution is 2.22. The van der Waals surface area contributed by atoms with Crippen LogP contribution in [0.15, 0.2) is 42.5 Å². The second-order valence-electron chi connectivity index (χ2n) is 8.07. The van der Waals surface area contributed by atoms with E-state index >= 15 is 0 Å². The van der Waals surface area contributed by atoms with Gasteiger partial charge in [0.2, 0.25) is 0 Å². The number of unbranched alkanes of at least 4 members (excludes halogenated alkanes) is 4. The molecule has 0 saturated carbocycles. The highest BCUT2D eigenvalue weighted by molar-refractivity contribution is 5.36. The number of rotatable bonds is 16. The summed E-state index contributed by atoms with van der Waals surface area (Å²) in [5.41, 5.74) is 3.56. The first-order valence-electron chi connectivity index (χ1n) is 11.4. The molecule has 1 atom stereocenters. The van der Waals surface area contributed by atoms with Crippen molar-refractivity contribution in [1.29, 1.82) is 0 Å². The Kier molecular flexibility index (Phi) is 12.2. The molecule has 4 N–H and O–H groups in total. The fraction of sp³-hybridized carbons (Fsp3) is 0.500. The lowest BCUT2D eigenvalue weighted by molar-refractivity contribution is 0.126. The van der Waals surface area contributed by atoms with Crippen LogP contribution < -0.4 is 5.32 Å². The van der Waals surface area contributed by atoms with Crippen LogP contribution in [0.3, 0.4) is 0 Å². The number of nitrogens with one attached hydrogen (secondary N) is 1. The Bertz CT molecular complexity index is 750. The van der Waals surface area contributed by atoms with Gasteiger partial charge in [-0.1, -0.05) is 43.2 Å². The zero-order valence-corrected chi connectivity index (χ0v) is 18.6. The number of aryl methyl sites for hydroxylation is 1. The smallest absolute Gasteiger partial charge is 0.121 e. The minimum absolute atomic E-state index is 0.0513. The molecule has 0 aliphatic carbocycles. The fourth-order valence-electron chi connectivity index (χ4n) is 3.52. The average molecular weight is 429 g/mol. The first-order chi connectivity index (χ1) is 15.1. The Labute approximate surface area is 187 Å². The van der Waals surface area contributed by atoms with E-state index in [-0.39, 0.29) is 12.4 Å². The van der Waals surface area contributed by atoms with Gasteiger partial charge in [0.1, 0.15) is 5.75 Å². The molecule has 2 aromatic rings. The van der Waals surface area contributed by atoms with Crippen LogP contribution in [0.4, 0.5) is 0 Å². The Balaban J connectivity index is 1.39. The Morgan fingerprint density at radius 1 is 0.935 bits per heavy atom. The van der Waals surface area contributed by atoms with E-state index in [4.69, 9.17) is 4.74 Å². The normalized spacial score (nSPS) is 12.2. The summed E-state index contributed by atoms with van der Waals surface area (Å²) in [5.74, 6) is 0.0513. The molecule has 5 nitrogen and oxygen atoms in total. The average Bonchev–Trinajstić information content (AvgIpc) is 2.77. The van der Waals surface area contributed by atoms with Crippen LogP contribution in [-0.4, -0.2) is 41.6 Å². The molecule has 0 fully saturated rings. The number of aliphatic hydroxyl groups excluding tert-OH is 2. The van der Waals surface area contributed by atoms with Crippen molar-refractivity contribution in [2.45, 2.75) is 57.7 Å². The lowest BCUT2D eigenvalue weighted by Gasteiger charge is -2.14. The zero-order chi connectivity index (χ0) is 22.3. The maximum Gasteiger partial charge on any atom is 0.121 e. The third kappa shape index (κ3) is 10.3. The van der Waals surface area contributed by atoms with Crippen molar-refractivity contribution in [3.63, 3.8) is 0 Å². The van der Waals surface area contributed by atoms with Crippen LogP contribution in [0.25, 0.3) is 0 Å². The topological polar surface area (TPSA) is 82.0 Å². The van der Waals surface area contributed by atoms with Crippen LogP contribution in [0, 0.1) is 6.92 Å². The second-order valence-corrected chi connectivity index (χ2v) is 8.07. The summed E-state index contributed by atoms with van der Waals surface area (Å²) in [4.78, 5) is 0. The Hall–Kier alpha value is -1.92. The summed E-state index contributed by atoms with van der Waals surface area (Å²) in [5, 5.41) is 32.3. The van der Waals surface area contributed by atoms with E-state index in [0.717, 1.165) is 70.3 Å². The van der Waals surface area contributed by atoms with Crippen molar-refractivity contribution in [2.24, 2.45) is 0 Å². The molecule has 1 unspecified atom stereocenters. The van der Waals surface area contributed by atoms with Gasteiger partial charge in [-0.3, -0.25) is 0 Å². The molecule has 0 spiro atoms. The molecule has 2 aromatic carbocycles. The summed E-state index contributed by atoms with van der Waals surface area (Å²) in [6.45, 7) is 6.70. The van der Waals surface area contributed by atoms with Gasteiger partial charge in [-0.05, 0) is 74.4 Å². The maximum atomic E-state index is 10.2. The highest BCUT2D eigenvalue weighted by atomic mass is 16.5. The van der Waals surface area contributed by atoms with Crippen LogP contribution in [0.5, 0.6) is 5.75 Å². The van der Waals surface area contributed by atoms with E-state index in [2.05, 4.69) is 30.4 Å². The van der Waals surface area contributed by atoms with Crippen molar-refractivity contribution < 1.29 is 20.1 Å². The van der Waals surface area contributed by atoms with Gasteiger partial charge in [0.25, 0.3) is 0 Å². The molecule has 0 amide bonds. The molecule has 5 heteroatoms. The molecule has 0 saturated heterocycles. The number of benzene rings is 2. The van der Waals surface area contributed by atoms with Crippen molar-refractivity contribution in [3.8, 4) is 5.75 Å². The first kappa shape index (κ1) is 25.3. The summed E-state index contributed by atoms with van der Waals surface area (Å²) < 4.78 is 5.73. The number of hydrogen-bond donors (Lipinski definition) is 4. The second kappa shape index (κ2) is 15.0. The molecule has 0 aromatic heterocycles. The summed E-state index contributed by atoms with van der Waals surface area (Å²) in [7, 11) is 0. The Morgan fingerprint density at radius 2 is 1.71 bits per heavy atom. The van der Waals surface area contributed by atoms with Crippen LogP contribution in [0.2, 0.25) is 0 Å². The van der Waals surface area contributed by atoms with E-state index in [0.29, 0.717) is 17.7 Å². The third-order valence-corrected chi connectivity index (χ3v) is 5.38. The minimum Gasteiger partial charge on any atom is -0.508 e. The molecule has 171 valence electrons. The van der Waals surface area contributed by atoms with Crippen LogP contribution in [0.1, 0.15) is 66.9 Å². The molecule has 1 radical (unpaired) electrons. The summed E-state index contributed by atoms with van der Waals surface area (Å²) >= 11 is 0. The largest absolute Gasteiger partial charge is 0.508 e. The fourth-order valence-corrected chi connectivity index (χ4v) is 3.52. The van der Waals surface area contributed by atoms with Gasteiger partial charge in [0.15, 0.2) is 0 Å². The van der Waals surface area contributed by atoms with E-state index in [9.17, 15) is 15.3 Å². The molecule has 31 heavy (non-hydrogen) atoms. The SMILES string of the molecule is [CH2]c1cccc(CCCCOCCCCCCNCC(O)c2ccc(O)c(CO)c2)c1. The van der Waals surface area contributed by atoms with Gasteiger partial charge >= 0.3 is 0 Å².